The number of methoxy groups -OCH3 is 2. The number of hydrogen-bond acceptors (Lipinski definition) is 6. The molecule has 1 amide bonds. The normalized spacial score (nSPS) is 10.3. The standard InChI is InChI=1S/C17H15N3O4S/c1-23-13-6-5-10(8-14(13)24-2)18-16(21)12-9-11(19-17(22)20-12)15-4-3-7-25-15/h3-9H,1-2H3,(H,18,21)(H,19,20,22). The minimum Gasteiger partial charge on any atom is -0.493 e. The third-order valence-corrected chi connectivity index (χ3v) is 4.31. The number of carbonyl (C=O) groups is 1. The summed E-state index contributed by atoms with van der Waals surface area (Å²) in [5, 5.41) is 4.58. The van der Waals surface area contributed by atoms with Gasteiger partial charge in [-0.1, -0.05) is 6.07 Å². The van der Waals surface area contributed by atoms with Gasteiger partial charge in [-0.05, 0) is 29.6 Å². The lowest BCUT2D eigenvalue weighted by Crippen LogP contribution is -2.21. The molecule has 0 saturated carbocycles. The van der Waals surface area contributed by atoms with Crippen LogP contribution in [0.2, 0.25) is 0 Å². The maximum atomic E-state index is 12.4. The van der Waals surface area contributed by atoms with Gasteiger partial charge in [0.05, 0.1) is 24.8 Å². The lowest BCUT2D eigenvalue weighted by molar-refractivity contribution is 0.102. The lowest BCUT2D eigenvalue weighted by atomic mass is 10.2. The minimum atomic E-state index is -0.580. The maximum absolute atomic E-state index is 12.4. The third kappa shape index (κ3) is 3.69. The van der Waals surface area contributed by atoms with Crippen molar-refractivity contribution < 1.29 is 14.3 Å². The molecule has 0 aliphatic rings. The Balaban J connectivity index is 1.88. The molecular weight excluding hydrogens is 342 g/mol. The number of thiophene rings is 1. The van der Waals surface area contributed by atoms with E-state index >= 15 is 0 Å². The number of H-pyrrole nitrogens is 1. The van der Waals surface area contributed by atoms with E-state index in [0.29, 0.717) is 22.9 Å². The van der Waals surface area contributed by atoms with Crippen LogP contribution in [0.5, 0.6) is 11.5 Å². The van der Waals surface area contributed by atoms with Gasteiger partial charge in [-0.2, -0.15) is 4.98 Å². The van der Waals surface area contributed by atoms with E-state index in [1.54, 1.807) is 24.3 Å². The summed E-state index contributed by atoms with van der Waals surface area (Å²) in [6.07, 6.45) is 0. The van der Waals surface area contributed by atoms with Crippen LogP contribution in [0.3, 0.4) is 0 Å². The number of ether oxygens (including phenoxy) is 2. The Bertz CT molecular complexity index is 951. The zero-order chi connectivity index (χ0) is 17.8. The van der Waals surface area contributed by atoms with E-state index < -0.39 is 11.6 Å². The third-order valence-electron chi connectivity index (χ3n) is 3.41. The number of anilines is 1. The molecule has 3 rings (SSSR count). The number of nitrogens with zero attached hydrogens (tertiary/aromatic N) is 1. The number of rotatable bonds is 5. The van der Waals surface area contributed by atoms with Gasteiger partial charge < -0.3 is 19.8 Å². The van der Waals surface area contributed by atoms with Crippen molar-refractivity contribution in [1.82, 2.24) is 9.97 Å². The van der Waals surface area contributed by atoms with E-state index in [-0.39, 0.29) is 5.69 Å². The fourth-order valence-corrected chi connectivity index (χ4v) is 2.95. The van der Waals surface area contributed by atoms with E-state index in [0.717, 1.165) is 4.88 Å². The number of benzene rings is 1. The quantitative estimate of drug-likeness (QED) is 0.732. The first-order chi connectivity index (χ1) is 12.1. The van der Waals surface area contributed by atoms with Gasteiger partial charge in [0, 0.05) is 11.8 Å². The SMILES string of the molecule is COc1ccc(NC(=O)c2cc(-c3cccs3)[nH]c(=O)n2)cc1OC. The highest BCUT2D eigenvalue weighted by Gasteiger charge is 2.13. The summed E-state index contributed by atoms with van der Waals surface area (Å²) in [6.45, 7) is 0. The fraction of sp³-hybridized carbons (Fsp3) is 0.118. The second-order valence-electron chi connectivity index (χ2n) is 4.99. The molecule has 8 heteroatoms. The molecule has 0 atom stereocenters. The molecule has 0 spiro atoms. The molecule has 2 N–H and O–H groups in total. The summed E-state index contributed by atoms with van der Waals surface area (Å²) in [7, 11) is 3.04. The molecule has 0 saturated heterocycles. The monoisotopic (exact) mass is 357 g/mol. The van der Waals surface area contributed by atoms with E-state index in [9.17, 15) is 9.59 Å². The minimum absolute atomic E-state index is 0.0296. The van der Waals surface area contributed by atoms with Gasteiger partial charge in [0.2, 0.25) is 0 Å². The van der Waals surface area contributed by atoms with Crippen LogP contribution < -0.4 is 20.5 Å². The Kier molecular flexibility index (Phi) is 4.80. The number of amides is 1. The highest BCUT2D eigenvalue weighted by molar-refractivity contribution is 7.13. The Morgan fingerprint density at radius 2 is 1.96 bits per heavy atom. The number of aromatic amines is 1. The molecule has 7 nitrogen and oxygen atoms in total. The highest BCUT2D eigenvalue weighted by Crippen LogP contribution is 2.30. The second-order valence-corrected chi connectivity index (χ2v) is 5.93. The molecule has 0 fully saturated rings. The van der Waals surface area contributed by atoms with Crippen molar-refractivity contribution in [2.75, 3.05) is 19.5 Å². The van der Waals surface area contributed by atoms with Crippen molar-refractivity contribution in [3.8, 4) is 22.1 Å². The molecule has 0 bridgehead atoms. The first kappa shape index (κ1) is 16.7. The fourth-order valence-electron chi connectivity index (χ4n) is 2.25. The summed E-state index contributed by atoms with van der Waals surface area (Å²) in [5.41, 5.74) is 0.500. The molecule has 0 unspecified atom stereocenters. The van der Waals surface area contributed by atoms with E-state index in [4.69, 9.17) is 9.47 Å². The zero-order valence-electron chi connectivity index (χ0n) is 13.5. The molecule has 2 heterocycles. The zero-order valence-corrected chi connectivity index (χ0v) is 14.3. The average molecular weight is 357 g/mol. The molecule has 128 valence electrons. The topological polar surface area (TPSA) is 93.3 Å². The predicted molar refractivity (Wildman–Crippen MR) is 95.7 cm³/mol. The summed E-state index contributed by atoms with van der Waals surface area (Å²) in [6, 6.07) is 10.2. The van der Waals surface area contributed by atoms with E-state index in [1.807, 2.05) is 17.5 Å². The molecule has 0 aliphatic carbocycles. The number of aromatic nitrogens is 2. The molecular formula is C17H15N3O4S. The first-order valence-electron chi connectivity index (χ1n) is 7.29. The molecule has 1 aromatic carbocycles. The largest absolute Gasteiger partial charge is 0.493 e. The van der Waals surface area contributed by atoms with Crippen LogP contribution in [0.15, 0.2) is 46.6 Å². The van der Waals surface area contributed by atoms with Gasteiger partial charge in [-0.25, -0.2) is 4.79 Å². The lowest BCUT2D eigenvalue weighted by Gasteiger charge is -2.10. The number of nitrogens with one attached hydrogen (secondary N) is 2. The van der Waals surface area contributed by atoms with Gasteiger partial charge in [0.15, 0.2) is 11.5 Å². The smallest absolute Gasteiger partial charge is 0.346 e. The van der Waals surface area contributed by atoms with Crippen molar-refractivity contribution in [2.24, 2.45) is 0 Å². The Morgan fingerprint density at radius 1 is 1.16 bits per heavy atom. The Hall–Kier alpha value is -3.13. The molecule has 3 aromatic rings. The molecule has 0 radical (unpaired) electrons. The summed E-state index contributed by atoms with van der Waals surface area (Å²) < 4.78 is 10.4. The van der Waals surface area contributed by atoms with Crippen LogP contribution in [0.25, 0.3) is 10.6 Å². The predicted octanol–water partition coefficient (Wildman–Crippen LogP) is 2.77. The van der Waals surface area contributed by atoms with E-state index in [2.05, 4.69) is 15.3 Å². The van der Waals surface area contributed by atoms with Crippen molar-refractivity contribution in [3.05, 3.63) is 58.0 Å². The second kappa shape index (κ2) is 7.18. The van der Waals surface area contributed by atoms with Crippen LogP contribution in [0.4, 0.5) is 5.69 Å². The van der Waals surface area contributed by atoms with Crippen molar-refractivity contribution in [2.45, 2.75) is 0 Å². The number of carbonyl (C=O) groups excluding carboxylic acids is 1. The highest BCUT2D eigenvalue weighted by atomic mass is 32.1. The van der Waals surface area contributed by atoms with Crippen molar-refractivity contribution in [1.29, 1.82) is 0 Å². The van der Waals surface area contributed by atoms with Crippen LogP contribution in [0.1, 0.15) is 10.5 Å². The van der Waals surface area contributed by atoms with Crippen molar-refractivity contribution in [3.63, 3.8) is 0 Å². The van der Waals surface area contributed by atoms with Gasteiger partial charge in [0.1, 0.15) is 5.69 Å². The molecule has 2 aromatic heterocycles. The van der Waals surface area contributed by atoms with Crippen LogP contribution in [-0.4, -0.2) is 30.1 Å². The molecule has 25 heavy (non-hydrogen) atoms. The van der Waals surface area contributed by atoms with Gasteiger partial charge in [-0.15, -0.1) is 11.3 Å². The summed E-state index contributed by atoms with van der Waals surface area (Å²) in [5.74, 6) is 0.546. The Labute approximate surface area is 147 Å². The maximum Gasteiger partial charge on any atom is 0.346 e. The van der Waals surface area contributed by atoms with E-state index in [1.165, 1.54) is 25.6 Å². The van der Waals surface area contributed by atoms with Gasteiger partial charge in [-0.3, -0.25) is 4.79 Å². The van der Waals surface area contributed by atoms with Crippen molar-refractivity contribution >= 4 is 22.9 Å². The summed E-state index contributed by atoms with van der Waals surface area (Å²) >= 11 is 1.46. The average Bonchev–Trinajstić information content (AvgIpc) is 3.15. The first-order valence-corrected chi connectivity index (χ1v) is 8.17. The van der Waals surface area contributed by atoms with Crippen LogP contribution in [-0.2, 0) is 0 Å². The van der Waals surface area contributed by atoms with Crippen LogP contribution >= 0.6 is 11.3 Å². The number of hydrogen-bond donors (Lipinski definition) is 2. The van der Waals surface area contributed by atoms with Gasteiger partial charge >= 0.3 is 5.69 Å². The van der Waals surface area contributed by atoms with Crippen LogP contribution in [0, 0.1) is 0 Å². The Morgan fingerprint density at radius 3 is 2.64 bits per heavy atom. The van der Waals surface area contributed by atoms with Gasteiger partial charge in [0.25, 0.3) is 5.91 Å². The molecule has 0 aliphatic heterocycles. The summed E-state index contributed by atoms with van der Waals surface area (Å²) in [4.78, 5) is 31.4.